The van der Waals surface area contributed by atoms with E-state index >= 15 is 0 Å². The molecule has 3 N–H and O–H groups in total. The van der Waals surface area contributed by atoms with Crippen molar-refractivity contribution >= 4 is 23.8 Å². The first-order valence-electron chi connectivity index (χ1n) is 12.2. The van der Waals surface area contributed by atoms with E-state index in [1.807, 2.05) is 18.2 Å². The lowest BCUT2D eigenvalue weighted by Gasteiger charge is -2.37. The van der Waals surface area contributed by atoms with E-state index < -0.39 is 12.2 Å². The summed E-state index contributed by atoms with van der Waals surface area (Å²) in [7, 11) is 0. The summed E-state index contributed by atoms with van der Waals surface area (Å²) in [6.07, 6.45) is 4.95. The number of ether oxygens (including phenoxy) is 3. The predicted octanol–water partition coefficient (Wildman–Crippen LogP) is 3.61. The first-order valence-corrected chi connectivity index (χ1v) is 12.6. The van der Waals surface area contributed by atoms with Crippen LogP contribution in [0, 0.1) is 5.92 Å². The molecule has 0 aromatic heterocycles. The van der Waals surface area contributed by atoms with Gasteiger partial charge in [-0.05, 0) is 49.6 Å². The van der Waals surface area contributed by atoms with Gasteiger partial charge in [-0.25, -0.2) is 9.59 Å². The number of allylic oxidation sites excluding steroid dienone is 2. The maximum absolute atomic E-state index is 12.8. The van der Waals surface area contributed by atoms with Crippen molar-refractivity contribution in [1.82, 2.24) is 15.5 Å². The van der Waals surface area contributed by atoms with Gasteiger partial charge in [-0.15, -0.1) is 0 Å². The molecule has 9 nitrogen and oxygen atoms in total. The van der Waals surface area contributed by atoms with Crippen LogP contribution in [-0.2, 0) is 9.47 Å². The quantitative estimate of drug-likeness (QED) is 0.483. The van der Waals surface area contributed by atoms with Crippen molar-refractivity contribution in [3.63, 3.8) is 0 Å². The number of rotatable bonds is 8. The molecule has 4 atom stereocenters. The molecule has 10 heteroatoms. The van der Waals surface area contributed by atoms with Gasteiger partial charge in [-0.2, -0.15) is 0 Å². The smallest absolute Gasteiger partial charge is 0.410 e. The third-order valence-electron chi connectivity index (χ3n) is 6.36. The standard InChI is InChI=1S/C26H32ClN3O6/c1-3-34-25(32)28-14-18(31)15-36-19-8-5-16(6-9-19)24-23-20(11-12-30(24)26(33)35-4-2)21-13-17(27)7-10-22(21)29-23/h5-10,13,18,21-22,24,29,31H,3-4,11-12,14-15H2,1-2H3,(H,28,32)/t18-,21?,22?,24+/m1/s1. The molecule has 0 bridgehead atoms. The number of nitrogens with one attached hydrogen (secondary N) is 2. The van der Waals surface area contributed by atoms with Crippen LogP contribution >= 0.6 is 11.6 Å². The van der Waals surface area contributed by atoms with Gasteiger partial charge in [0.25, 0.3) is 0 Å². The van der Waals surface area contributed by atoms with Crippen molar-refractivity contribution < 1.29 is 28.9 Å². The minimum absolute atomic E-state index is 0.00375. The fourth-order valence-electron chi connectivity index (χ4n) is 4.77. The number of hydrogen-bond acceptors (Lipinski definition) is 7. The number of halogens is 1. The molecule has 2 unspecified atom stereocenters. The van der Waals surface area contributed by atoms with Crippen molar-refractivity contribution in [3.8, 4) is 5.75 Å². The second-order valence-electron chi connectivity index (χ2n) is 8.73. The number of aliphatic hydroxyl groups is 1. The molecular formula is C26H32ClN3O6. The summed E-state index contributed by atoms with van der Waals surface area (Å²) in [5.41, 5.74) is 3.17. The van der Waals surface area contributed by atoms with E-state index in [0.717, 1.165) is 22.7 Å². The van der Waals surface area contributed by atoms with E-state index in [4.69, 9.17) is 25.8 Å². The Balaban J connectivity index is 1.48. The normalized spacial score (nSPS) is 23.2. The zero-order valence-electron chi connectivity index (χ0n) is 20.4. The molecule has 0 saturated heterocycles. The van der Waals surface area contributed by atoms with E-state index in [2.05, 4.69) is 22.8 Å². The van der Waals surface area contributed by atoms with Crippen LogP contribution in [0.15, 0.2) is 58.8 Å². The molecule has 1 aromatic carbocycles. The molecule has 2 amide bonds. The molecule has 0 radical (unpaired) electrons. The number of carbonyl (C=O) groups excluding carboxylic acids is 2. The Bertz CT molecular complexity index is 1050. The third kappa shape index (κ3) is 5.79. The zero-order valence-corrected chi connectivity index (χ0v) is 21.2. The molecule has 1 aliphatic carbocycles. The van der Waals surface area contributed by atoms with Crippen LogP contribution in [0.25, 0.3) is 0 Å². The van der Waals surface area contributed by atoms with Gasteiger partial charge in [0.2, 0.25) is 0 Å². The van der Waals surface area contributed by atoms with Crippen LogP contribution < -0.4 is 15.4 Å². The third-order valence-corrected chi connectivity index (χ3v) is 6.62. The number of amides is 2. The molecule has 2 heterocycles. The molecule has 194 valence electrons. The van der Waals surface area contributed by atoms with E-state index in [1.54, 1.807) is 30.9 Å². The summed E-state index contributed by atoms with van der Waals surface area (Å²) in [6.45, 7) is 4.63. The predicted molar refractivity (Wildman–Crippen MR) is 135 cm³/mol. The van der Waals surface area contributed by atoms with Crippen LogP contribution in [-0.4, -0.2) is 67.2 Å². The molecule has 0 spiro atoms. The van der Waals surface area contributed by atoms with E-state index in [-0.39, 0.29) is 43.9 Å². The van der Waals surface area contributed by atoms with Crippen molar-refractivity contribution in [2.24, 2.45) is 5.92 Å². The summed E-state index contributed by atoms with van der Waals surface area (Å²) >= 11 is 6.29. The van der Waals surface area contributed by atoms with Crippen LogP contribution in [0.5, 0.6) is 5.75 Å². The van der Waals surface area contributed by atoms with Gasteiger partial charge in [-0.3, -0.25) is 4.90 Å². The first kappa shape index (κ1) is 25.9. The maximum Gasteiger partial charge on any atom is 0.410 e. The molecule has 0 fully saturated rings. The Hall–Kier alpha value is -3.17. The Labute approximate surface area is 215 Å². The molecule has 4 rings (SSSR count). The lowest BCUT2D eigenvalue weighted by molar-refractivity contribution is 0.0921. The number of aliphatic hydroxyl groups excluding tert-OH is 1. The Morgan fingerprint density at radius 2 is 1.97 bits per heavy atom. The molecule has 1 aromatic rings. The Kier molecular flexibility index (Phi) is 8.43. The molecular weight excluding hydrogens is 486 g/mol. The minimum Gasteiger partial charge on any atom is -0.491 e. The van der Waals surface area contributed by atoms with Gasteiger partial charge in [0.1, 0.15) is 24.5 Å². The van der Waals surface area contributed by atoms with Crippen LogP contribution in [0.1, 0.15) is 31.9 Å². The van der Waals surface area contributed by atoms with Gasteiger partial charge >= 0.3 is 12.2 Å². The fraction of sp³-hybridized carbons (Fsp3) is 0.462. The van der Waals surface area contributed by atoms with Crippen LogP contribution in [0.2, 0.25) is 0 Å². The molecule has 3 aliphatic rings. The average Bonchev–Trinajstić information content (AvgIpc) is 3.24. The van der Waals surface area contributed by atoms with Crippen LogP contribution in [0.3, 0.4) is 0 Å². The second-order valence-corrected chi connectivity index (χ2v) is 9.16. The summed E-state index contributed by atoms with van der Waals surface area (Å²) in [6, 6.07) is 7.21. The van der Waals surface area contributed by atoms with Gasteiger partial charge in [0, 0.05) is 23.2 Å². The molecule has 36 heavy (non-hydrogen) atoms. The lowest BCUT2D eigenvalue weighted by atomic mass is 9.85. The van der Waals surface area contributed by atoms with E-state index in [9.17, 15) is 14.7 Å². The maximum atomic E-state index is 12.8. The number of alkyl carbamates (subject to hydrolysis) is 1. The summed E-state index contributed by atoms with van der Waals surface area (Å²) in [4.78, 5) is 26.0. The van der Waals surface area contributed by atoms with Gasteiger partial charge < -0.3 is 30.0 Å². The lowest BCUT2D eigenvalue weighted by Crippen LogP contribution is -2.42. The largest absolute Gasteiger partial charge is 0.491 e. The van der Waals surface area contributed by atoms with Crippen molar-refractivity contribution in [1.29, 1.82) is 0 Å². The summed E-state index contributed by atoms with van der Waals surface area (Å²) < 4.78 is 15.8. The zero-order chi connectivity index (χ0) is 25.7. The van der Waals surface area contributed by atoms with E-state index in [0.29, 0.717) is 18.9 Å². The SMILES string of the molecule is CCOC(=O)NC[C@@H](O)COc1ccc([C@H]2C3=C(CCN2C(=O)OCC)C2C=C(Cl)C=CC2N3)cc1. The highest BCUT2D eigenvalue weighted by Gasteiger charge is 2.43. The van der Waals surface area contributed by atoms with E-state index in [1.165, 1.54) is 5.57 Å². The molecule has 0 saturated carbocycles. The average molecular weight is 518 g/mol. The first-order chi connectivity index (χ1) is 17.4. The monoisotopic (exact) mass is 517 g/mol. The highest BCUT2D eigenvalue weighted by molar-refractivity contribution is 6.31. The van der Waals surface area contributed by atoms with Crippen molar-refractivity contribution in [2.45, 2.75) is 38.5 Å². The minimum atomic E-state index is -0.890. The summed E-state index contributed by atoms with van der Waals surface area (Å²) in [5.74, 6) is 0.726. The topological polar surface area (TPSA) is 109 Å². The number of carbonyl (C=O) groups is 2. The van der Waals surface area contributed by atoms with Gasteiger partial charge in [0.05, 0.1) is 25.8 Å². The highest BCUT2D eigenvalue weighted by Crippen LogP contribution is 2.44. The Morgan fingerprint density at radius 1 is 1.22 bits per heavy atom. The van der Waals surface area contributed by atoms with Crippen molar-refractivity contribution in [2.75, 3.05) is 32.9 Å². The number of nitrogens with zero attached hydrogens (tertiary/aromatic N) is 1. The van der Waals surface area contributed by atoms with Gasteiger partial charge in [-0.1, -0.05) is 35.9 Å². The number of hydrogen-bond donors (Lipinski definition) is 3. The summed E-state index contributed by atoms with van der Waals surface area (Å²) in [5, 5.41) is 16.9. The number of fused-ring (bicyclic) bond motifs is 2. The van der Waals surface area contributed by atoms with Crippen molar-refractivity contribution in [3.05, 3.63) is 64.4 Å². The number of benzene rings is 1. The highest BCUT2D eigenvalue weighted by atomic mass is 35.5. The Morgan fingerprint density at radius 3 is 2.69 bits per heavy atom. The molecule has 2 aliphatic heterocycles. The van der Waals surface area contributed by atoms with Gasteiger partial charge in [0.15, 0.2) is 0 Å². The second kappa shape index (κ2) is 11.7. The van der Waals surface area contributed by atoms with Crippen LogP contribution in [0.4, 0.5) is 9.59 Å². The fourth-order valence-corrected chi connectivity index (χ4v) is 4.97.